The van der Waals surface area contributed by atoms with Crippen LogP contribution >= 0.6 is 27.5 Å². The molecular weight excluding hydrogens is 448 g/mol. The first-order valence-electron chi connectivity index (χ1n) is 9.75. The third kappa shape index (κ3) is 10.3. The Balaban J connectivity index is 5.10. The quantitative estimate of drug-likeness (QED) is 0.172. The van der Waals surface area contributed by atoms with Gasteiger partial charge in [0.15, 0.2) is 0 Å². The molecule has 0 aliphatic heterocycles. The van der Waals surface area contributed by atoms with Crippen LogP contribution in [0.4, 0.5) is 0 Å². The van der Waals surface area contributed by atoms with Gasteiger partial charge in [0.05, 0.1) is 17.4 Å². The fourth-order valence-electron chi connectivity index (χ4n) is 3.31. The minimum absolute atomic E-state index is 0.241. The lowest BCUT2D eigenvalue weighted by Crippen LogP contribution is -2.37. The summed E-state index contributed by atoms with van der Waals surface area (Å²) in [5.41, 5.74) is -0.921. The third-order valence-corrected chi connectivity index (χ3v) is 5.62. The van der Waals surface area contributed by atoms with E-state index in [0.29, 0.717) is 12.8 Å². The van der Waals surface area contributed by atoms with E-state index in [0.717, 1.165) is 19.3 Å². The van der Waals surface area contributed by atoms with Gasteiger partial charge in [-0.25, -0.2) is 0 Å². The van der Waals surface area contributed by atoms with E-state index >= 15 is 0 Å². The highest BCUT2D eigenvalue weighted by Gasteiger charge is 2.35. The molecule has 0 spiro atoms. The van der Waals surface area contributed by atoms with Crippen LogP contribution in [0.15, 0.2) is 12.2 Å². The van der Waals surface area contributed by atoms with E-state index in [-0.39, 0.29) is 17.3 Å². The van der Waals surface area contributed by atoms with Gasteiger partial charge in [-0.15, -0.1) is 11.6 Å². The Bertz CT molecular complexity index is 519. The number of hydrogen-bond donors (Lipinski definition) is 1. The number of unbranched alkanes of at least 4 members (excludes halogenated alkanes) is 2. The van der Waals surface area contributed by atoms with Crippen molar-refractivity contribution < 1.29 is 24.2 Å². The zero-order valence-electron chi connectivity index (χ0n) is 18.0. The van der Waals surface area contributed by atoms with Crippen LogP contribution in [0, 0.1) is 10.8 Å². The van der Waals surface area contributed by atoms with Crippen molar-refractivity contribution in [2.45, 2.75) is 83.8 Å². The number of rotatable bonds is 13. The van der Waals surface area contributed by atoms with Gasteiger partial charge in [0.25, 0.3) is 0 Å². The fourth-order valence-corrected chi connectivity index (χ4v) is 3.87. The molecule has 0 heterocycles. The summed E-state index contributed by atoms with van der Waals surface area (Å²) in [4.78, 5) is 23.2. The molecule has 0 aliphatic rings. The molecule has 0 aromatic carbocycles. The summed E-state index contributed by atoms with van der Waals surface area (Å²) in [5.74, 6) is -1.03. The minimum atomic E-state index is -0.898. The number of carbonyl (C=O) groups is 2. The zero-order valence-corrected chi connectivity index (χ0v) is 20.3. The lowest BCUT2D eigenvalue weighted by atomic mass is 9.75. The molecule has 3 unspecified atom stereocenters. The summed E-state index contributed by atoms with van der Waals surface area (Å²) in [6.45, 7) is 9.83. The van der Waals surface area contributed by atoms with Crippen molar-refractivity contribution in [3.63, 3.8) is 0 Å². The second-order valence-electron chi connectivity index (χ2n) is 8.49. The second kappa shape index (κ2) is 12.9. The molecule has 0 amide bonds. The first-order chi connectivity index (χ1) is 12.9. The largest absolute Gasteiger partial charge is 0.469 e. The van der Waals surface area contributed by atoms with Crippen molar-refractivity contribution in [3.05, 3.63) is 12.2 Å². The Morgan fingerprint density at radius 1 is 1.21 bits per heavy atom. The molecule has 1 N–H and O–H groups in total. The molecule has 0 fully saturated rings. The predicted molar refractivity (Wildman–Crippen MR) is 117 cm³/mol. The average molecular weight is 484 g/mol. The van der Waals surface area contributed by atoms with Gasteiger partial charge in [-0.2, -0.15) is 0 Å². The minimum Gasteiger partial charge on any atom is -0.469 e. The summed E-state index contributed by atoms with van der Waals surface area (Å²) in [7, 11) is 1.39. The van der Waals surface area contributed by atoms with E-state index in [1.165, 1.54) is 7.11 Å². The molecule has 0 radical (unpaired) electrons. The summed E-state index contributed by atoms with van der Waals surface area (Å²) < 4.78 is 10.2. The predicted octanol–water partition coefficient (Wildman–Crippen LogP) is 5.01. The number of methoxy groups -OCH3 is 1. The SMILES string of the molecule is CCCCCC(OC(=O)CCl)C(O)C(Br)/C=C/C(C)(C)CC(C)(C)C(=O)OC. The van der Waals surface area contributed by atoms with Gasteiger partial charge in [-0.3, -0.25) is 9.59 Å². The smallest absolute Gasteiger partial charge is 0.321 e. The van der Waals surface area contributed by atoms with Crippen LogP contribution in [0.2, 0.25) is 0 Å². The number of hydrogen-bond acceptors (Lipinski definition) is 5. The number of halogens is 2. The van der Waals surface area contributed by atoms with Gasteiger partial charge >= 0.3 is 11.9 Å². The van der Waals surface area contributed by atoms with Crippen molar-refractivity contribution >= 4 is 39.5 Å². The van der Waals surface area contributed by atoms with Crippen molar-refractivity contribution in [1.82, 2.24) is 0 Å². The van der Waals surface area contributed by atoms with E-state index in [9.17, 15) is 14.7 Å². The maximum atomic E-state index is 11.9. The average Bonchev–Trinajstić information content (AvgIpc) is 2.63. The van der Waals surface area contributed by atoms with Gasteiger partial charge in [-0.1, -0.05) is 61.7 Å². The van der Waals surface area contributed by atoms with Crippen LogP contribution in [0.25, 0.3) is 0 Å². The standard InChI is InChI=1S/C21H36BrClO5/c1-7-8-9-10-16(28-17(24)13-23)18(25)15(22)11-12-20(2,3)14-21(4,5)19(26)27-6/h11-12,15-16,18,25H,7-10,13-14H2,1-6H3/b12-11+. The second-order valence-corrected chi connectivity index (χ2v) is 9.82. The monoisotopic (exact) mass is 482 g/mol. The van der Waals surface area contributed by atoms with Gasteiger partial charge < -0.3 is 14.6 Å². The number of aliphatic hydroxyl groups is 1. The first-order valence-corrected chi connectivity index (χ1v) is 11.2. The van der Waals surface area contributed by atoms with Gasteiger partial charge in [0.1, 0.15) is 18.1 Å². The van der Waals surface area contributed by atoms with Gasteiger partial charge in [0.2, 0.25) is 0 Å². The number of esters is 2. The number of ether oxygens (including phenoxy) is 2. The fraction of sp³-hybridized carbons (Fsp3) is 0.810. The number of alkyl halides is 2. The van der Waals surface area contributed by atoms with E-state index in [1.807, 2.05) is 39.8 Å². The number of carbonyl (C=O) groups excluding carboxylic acids is 2. The van der Waals surface area contributed by atoms with Crippen LogP contribution in [0.1, 0.15) is 66.7 Å². The van der Waals surface area contributed by atoms with Crippen molar-refractivity contribution in [2.75, 3.05) is 13.0 Å². The summed E-state index contributed by atoms with van der Waals surface area (Å²) in [5, 5.41) is 10.7. The van der Waals surface area contributed by atoms with Crippen LogP contribution < -0.4 is 0 Å². The van der Waals surface area contributed by atoms with E-state index in [1.54, 1.807) is 0 Å². The molecule has 0 aliphatic carbocycles. The normalized spacial score (nSPS) is 15.9. The first kappa shape index (κ1) is 27.4. The maximum absolute atomic E-state index is 11.9. The molecule has 28 heavy (non-hydrogen) atoms. The highest BCUT2D eigenvalue weighted by Crippen LogP contribution is 2.36. The van der Waals surface area contributed by atoms with Crippen molar-refractivity contribution in [1.29, 1.82) is 0 Å². The van der Waals surface area contributed by atoms with Crippen LogP contribution in [-0.4, -0.2) is 47.1 Å². The Labute approximate surface area is 183 Å². The van der Waals surface area contributed by atoms with Crippen molar-refractivity contribution in [2.24, 2.45) is 10.8 Å². The molecule has 0 rings (SSSR count). The molecule has 7 heteroatoms. The van der Waals surface area contributed by atoms with Crippen LogP contribution in [0.5, 0.6) is 0 Å². The van der Waals surface area contributed by atoms with E-state index < -0.39 is 28.4 Å². The summed E-state index contributed by atoms with van der Waals surface area (Å²) >= 11 is 9.03. The highest BCUT2D eigenvalue weighted by molar-refractivity contribution is 9.09. The van der Waals surface area contributed by atoms with E-state index in [2.05, 4.69) is 22.9 Å². The molecule has 5 nitrogen and oxygen atoms in total. The molecule has 0 saturated heterocycles. The molecule has 0 aromatic heterocycles. The molecule has 0 bridgehead atoms. The molecule has 0 saturated carbocycles. The van der Waals surface area contributed by atoms with E-state index in [4.69, 9.17) is 21.1 Å². The molecule has 3 atom stereocenters. The molecular formula is C21H36BrClO5. The third-order valence-electron chi connectivity index (χ3n) is 4.56. The Morgan fingerprint density at radius 2 is 1.82 bits per heavy atom. The zero-order chi connectivity index (χ0) is 22.0. The lowest BCUT2D eigenvalue weighted by Gasteiger charge is -2.31. The van der Waals surface area contributed by atoms with Crippen molar-refractivity contribution in [3.8, 4) is 0 Å². The number of allylic oxidation sites excluding steroid dienone is 1. The summed E-state index contributed by atoms with van der Waals surface area (Å²) in [6.07, 6.45) is 6.34. The van der Waals surface area contributed by atoms with Crippen LogP contribution in [-0.2, 0) is 19.1 Å². The highest BCUT2D eigenvalue weighted by atomic mass is 79.9. The Hall–Kier alpha value is -0.590. The topological polar surface area (TPSA) is 72.8 Å². The molecule has 0 aromatic rings. The lowest BCUT2D eigenvalue weighted by molar-refractivity contribution is -0.152. The Kier molecular flexibility index (Phi) is 12.6. The molecule has 164 valence electrons. The van der Waals surface area contributed by atoms with Crippen LogP contribution in [0.3, 0.4) is 0 Å². The van der Waals surface area contributed by atoms with Gasteiger partial charge in [0, 0.05) is 0 Å². The maximum Gasteiger partial charge on any atom is 0.321 e. The van der Waals surface area contributed by atoms with Gasteiger partial charge in [-0.05, 0) is 38.5 Å². The Morgan fingerprint density at radius 3 is 2.32 bits per heavy atom. The number of aliphatic hydroxyl groups excluding tert-OH is 1. The summed E-state index contributed by atoms with van der Waals surface area (Å²) in [6, 6.07) is 0.